The van der Waals surface area contributed by atoms with Gasteiger partial charge in [-0.2, -0.15) is 5.10 Å². The van der Waals surface area contributed by atoms with Crippen LogP contribution in [0.2, 0.25) is 0 Å². The number of aliphatic carboxylic acids is 1. The van der Waals surface area contributed by atoms with Gasteiger partial charge in [-0.3, -0.25) is 9.48 Å². The number of hydrogen-bond donors (Lipinski definition) is 2. The highest BCUT2D eigenvalue weighted by atomic mass is 16.4. The van der Waals surface area contributed by atoms with Crippen LogP contribution in [-0.4, -0.2) is 31.6 Å². The molecule has 16 heavy (non-hydrogen) atoms. The van der Waals surface area contributed by atoms with Crippen LogP contribution in [0.25, 0.3) is 0 Å². The second-order valence-electron chi connectivity index (χ2n) is 4.54. The predicted molar refractivity (Wildman–Crippen MR) is 56.8 cm³/mol. The molecule has 1 saturated carbocycles. The molecule has 88 valence electrons. The number of aromatic nitrogens is 2. The Bertz CT molecular complexity index is 353. The van der Waals surface area contributed by atoms with Crippen molar-refractivity contribution in [3.05, 3.63) is 18.5 Å². The third-order valence-corrected chi connectivity index (χ3v) is 3.28. The third-order valence-electron chi connectivity index (χ3n) is 3.28. The summed E-state index contributed by atoms with van der Waals surface area (Å²) >= 11 is 0. The van der Waals surface area contributed by atoms with E-state index in [1.54, 1.807) is 17.1 Å². The van der Waals surface area contributed by atoms with Crippen LogP contribution in [0.4, 0.5) is 0 Å². The lowest BCUT2D eigenvalue weighted by atomic mass is 9.79. The van der Waals surface area contributed by atoms with Crippen molar-refractivity contribution in [2.45, 2.75) is 37.8 Å². The van der Waals surface area contributed by atoms with Crippen molar-refractivity contribution < 1.29 is 15.0 Å². The van der Waals surface area contributed by atoms with Crippen LogP contribution in [-0.2, 0) is 11.3 Å². The first-order valence-electron chi connectivity index (χ1n) is 5.52. The van der Waals surface area contributed by atoms with Crippen LogP contribution < -0.4 is 0 Å². The summed E-state index contributed by atoms with van der Waals surface area (Å²) in [6, 6.07) is 1.81. The van der Waals surface area contributed by atoms with Gasteiger partial charge in [0.1, 0.15) is 0 Å². The first-order valence-corrected chi connectivity index (χ1v) is 5.52. The largest absolute Gasteiger partial charge is 0.481 e. The molecular formula is C11H16N2O3. The number of rotatable bonds is 3. The molecule has 0 unspecified atom stereocenters. The highest BCUT2D eigenvalue weighted by Gasteiger charge is 2.36. The van der Waals surface area contributed by atoms with Gasteiger partial charge in [-0.05, 0) is 31.7 Å². The van der Waals surface area contributed by atoms with Gasteiger partial charge in [-0.25, -0.2) is 0 Å². The lowest BCUT2D eigenvalue weighted by molar-refractivity contribution is -0.145. The molecule has 2 N–H and O–H groups in total. The summed E-state index contributed by atoms with van der Waals surface area (Å²) in [5.74, 6) is -1.04. The Kier molecular flexibility index (Phi) is 2.96. The molecule has 1 aromatic heterocycles. The van der Waals surface area contributed by atoms with Crippen LogP contribution in [0.5, 0.6) is 0 Å². The van der Waals surface area contributed by atoms with Crippen molar-refractivity contribution >= 4 is 5.97 Å². The highest BCUT2D eigenvalue weighted by molar-refractivity contribution is 5.70. The normalized spacial score (nSPS) is 30.2. The summed E-state index contributed by atoms with van der Waals surface area (Å²) in [6.07, 6.45) is 5.64. The smallest absolute Gasteiger partial charge is 0.306 e. The van der Waals surface area contributed by atoms with Crippen LogP contribution in [0, 0.1) is 5.92 Å². The van der Waals surface area contributed by atoms with Gasteiger partial charge in [0.25, 0.3) is 0 Å². The van der Waals surface area contributed by atoms with Gasteiger partial charge in [0, 0.05) is 12.4 Å². The standard InChI is InChI=1S/C11H16N2O3/c14-10(15)9-2-4-11(16,5-3-9)8-13-7-1-6-12-13/h1,6-7,9,16H,2-5,8H2,(H,14,15). The molecule has 1 aliphatic rings. The average molecular weight is 224 g/mol. The first-order chi connectivity index (χ1) is 7.59. The van der Waals surface area contributed by atoms with Gasteiger partial charge < -0.3 is 10.2 Å². The summed E-state index contributed by atoms with van der Waals surface area (Å²) < 4.78 is 1.70. The minimum Gasteiger partial charge on any atom is -0.481 e. The molecule has 0 amide bonds. The Balaban J connectivity index is 1.93. The van der Waals surface area contributed by atoms with E-state index < -0.39 is 11.6 Å². The molecule has 1 aromatic rings. The molecule has 0 aliphatic heterocycles. The number of hydrogen-bond acceptors (Lipinski definition) is 3. The van der Waals surface area contributed by atoms with E-state index in [1.807, 2.05) is 6.07 Å². The molecule has 5 nitrogen and oxygen atoms in total. The molecule has 0 bridgehead atoms. The highest BCUT2D eigenvalue weighted by Crippen LogP contribution is 2.33. The van der Waals surface area contributed by atoms with Crippen LogP contribution in [0.3, 0.4) is 0 Å². The average Bonchev–Trinajstić information content (AvgIpc) is 2.70. The summed E-state index contributed by atoms with van der Waals surface area (Å²) in [5, 5.41) is 23.2. The molecule has 0 spiro atoms. The van der Waals surface area contributed by atoms with E-state index in [9.17, 15) is 9.90 Å². The number of nitrogens with zero attached hydrogens (tertiary/aromatic N) is 2. The molecule has 0 aromatic carbocycles. The molecule has 5 heteroatoms. The van der Waals surface area contributed by atoms with Crippen LogP contribution in [0.1, 0.15) is 25.7 Å². The quantitative estimate of drug-likeness (QED) is 0.799. The van der Waals surface area contributed by atoms with Crippen molar-refractivity contribution in [2.24, 2.45) is 5.92 Å². The summed E-state index contributed by atoms with van der Waals surface area (Å²) in [7, 11) is 0. The minimum atomic E-state index is -0.794. The summed E-state index contributed by atoms with van der Waals surface area (Å²) in [6.45, 7) is 0.451. The van der Waals surface area contributed by atoms with E-state index >= 15 is 0 Å². The van der Waals surface area contributed by atoms with Crippen molar-refractivity contribution in [3.8, 4) is 0 Å². The Labute approximate surface area is 93.7 Å². The monoisotopic (exact) mass is 224 g/mol. The molecule has 1 aliphatic carbocycles. The topological polar surface area (TPSA) is 75.3 Å². The second kappa shape index (κ2) is 4.25. The van der Waals surface area contributed by atoms with Crippen molar-refractivity contribution in [1.82, 2.24) is 9.78 Å². The maximum absolute atomic E-state index is 10.8. The molecule has 1 heterocycles. The van der Waals surface area contributed by atoms with Crippen LogP contribution in [0.15, 0.2) is 18.5 Å². The van der Waals surface area contributed by atoms with E-state index in [1.165, 1.54) is 0 Å². The Morgan fingerprint density at radius 2 is 2.19 bits per heavy atom. The zero-order chi connectivity index (χ0) is 11.6. The number of carbonyl (C=O) groups is 1. The van der Waals surface area contributed by atoms with Gasteiger partial charge in [0.05, 0.1) is 18.1 Å². The van der Waals surface area contributed by atoms with Gasteiger partial charge >= 0.3 is 5.97 Å². The summed E-state index contributed by atoms with van der Waals surface area (Å²) in [5.41, 5.74) is -0.794. The van der Waals surface area contributed by atoms with Gasteiger partial charge in [0.15, 0.2) is 0 Å². The fourth-order valence-corrected chi connectivity index (χ4v) is 2.26. The van der Waals surface area contributed by atoms with E-state index in [2.05, 4.69) is 5.10 Å². The zero-order valence-corrected chi connectivity index (χ0v) is 9.04. The Morgan fingerprint density at radius 1 is 1.50 bits per heavy atom. The van der Waals surface area contributed by atoms with Crippen molar-refractivity contribution in [3.63, 3.8) is 0 Å². The second-order valence-corrected chi connectivity index (χ2v) is 4.54. The van der Waals surface area contributed by atoms with Crippen molar-refractivity contribution in [2.75, 3.05) is 0 Å². The van der Waals surface area contributed by atoms with E-state index in [-0.39, 0.29) is 5.92 Å². The zero-order valence-electron chi connectivity index (χ0n) is 9.04. The van der Waals surface area contributed by atoms with E-state index in [4.69, 9.17) is 5.11 Å². The molecule has 1 fully saturated rings. The molecule has 0 radical (unpaired) electrons. The van der Waals surface area contributed by atoms with Gasteiger partial charge in [0.2, 0.25) is 0 Å². The fraction of sp³-hybridized carbons (Fsp3) is 0.636. The number of carboxylic acid groups (broad SMARTS) is 1. The van der Waals surface area contributed by atoms with Gasteiger partial charge in [-0.1, -0.05) is 0 Å². The van der Waals surface area contributed by atoms with Crippen molar-refractivity contribution in [1.29, 1.82) is 0 Å². The lowest BCUT2D eigenvalue weighted by Gasteiger charge is -2.34. The molecule has 0 saturated heterocycles. The minimum absolute atomic E-state index is 0.294. The lowest BCUT2D eigenvalue weighted by Crippen LogP contribution is -2.39. The van der Waals surface area contributed by atoms with E-state index in [0.717, 1.165) is 0 Å². The van der Waals surface area contributed by atoms with E-state index in [0.29, 0.717) is 32.2 Å². The SMILES string of the molecule is O=C(O)C1CCC(O)(Cn2cccn2)CC1. The maximum atomic E-state index is 10.8. The van der Waals surface area contributed by atoms with Gasteiger partial charge in [-0.15, -0.1) is 0 Å². The fourth-order valence-electron chi connectivity index (χ4n) is 2.26. The Morgan fingerprint density at radius 3 is 2.69 bits per heavy atom. The maximum Gasteiger partial charge on any atom is 0.306 e. The molecular weight excluding hydrogens is 208 g/mol. The molecule has 2 rings (SSSR count). The Hall–Kier alpha value is -1.36. The first kappa shape index (κ1) is 11.1. The van der Waals surface area contributed by atoms with Crippen LogP contribution >= 0.6 is 0 Å². The number of aliphatic hydroxyl groups is 1. The molecule has 0 atom stereocenters. The number of carboxylic acids is 1. The predicted octanol–water partition coefficient (Wildman–Crippen LogP) is 0.889. The third kappa shape index (κ3) is 2.41. The summed E-state index contributed by atoms with van der Waals surface area (Å²) in [4.78, 5) is 10.8.